The van der Waals surface area contributed by atoms with Gasteiger partial charge >= 0.3 is 0 Å². The van der Waals surface area contributed by atoms with Gasteiger partial charge in [-0.1, -0.05) is 0 Å². The zero-order valence-electron chi connectivity index (χ0n) is 18.4. The van der Waals surface area contributed by atoms with Gasteiger partial charge in [-0.15, -0.1) is 22.7 Å². The lowest BCUT2D eigenvalue weighted by atomic mass is 10.1. The van der Waals surface area contributed by atoms with E-state index >= 15 is 0 Å². The lowest BCUT2D eigenvalue weighted by molar-refractivity contribution is -0.116. The molecule has 2 rings (SSSR count). The topological polar surface area (TPSA) is 83.6 Å². The first kappa shape index (κ1) is 24.7. The van der Waals surface area contributed by atoms with Gasteiger partial charge in [-0.05, 0) is 52.7 Å². The Balaban J connectivity index is 0.000000291. The van der Waals surface area contributed by atoms with Crippen LogP contribution in [0.2, 0.25) is 0 Å². The van der Waals surface area contributed by atoms with Crippen LogP contribution in [-0.2, 0) is 9.59 Å². The summed E-state index contributed by atoms with van der Waals surface area (Å²) in [5.74, 6) is -0.192. The fourth-order valence-corrected chi connectivity index (χ4v) is 5.07. The minimum atomic E-state index is -0.145. The number of carbonyl (C=O) groups excluding carboxylic acids is 4. The van der Waals surface area contributed by atoms with Crippen molar-refractivity contribution in [3.05, 3.63) is 32.0 Å². The van der Waals surface area contributed by atoms with Crippen molar-refractivity contribution in [3.63, 3.8) is 0 Å². The van der Waals surface area contributed by atoms with Crippen molar-refractivity contribution in [1.29, 1.82) is 0 Å². The van der Waals surface area contributed by atoms with Crippen molar-refractivity contribution in [2.75, 3.05) is 17.3 Å². The van der Waals surface area contributed by atoms with Crippen molar-refractivity contribution in [2.45, 2.75) is 55.4 Å². The van der Waals surface area contributed by atoms with Gasteiger partial charge in [-0.25, -0.2) is 0 Å². The SMILES string of the molecule is CC(=O)Nc1sc(C)c(C)c1C(C)=O.CC(=O)c1c(N(C)C(C)=O)sc(C)c1C. The second-order valence-electron chi connectivity index (χ2n) is 6.82. The van der Waals surface area contributed by atoms with Crippen LogP contribution >= 0.6 is 22.7 Å². The first-order valence-corrected chi connectivity index (χ1v) is 10.7. The molecule has 0 saturated heterocycles. The molecule has 6 nitrogen and oxygen atoms in total. The van der Waals surface area contributed by atoms with E-state index in [0.29, 0.717) is 16.1 Å². The molecule has 0 aliphatic rings. The summed E-state index contributed by atoms with van der Waals surface area (Å²) < 4.78 is 0. The molecule has 0 bridgehead atoms. The van der Waals surface area contributed by atoms with Crippen LogP contribution in [0.5, 0.6) is 0 Å². The predicted molar refractivity (Wildman–Crippen MR) is 121 cm³/mol. The lowest BCUT2D eigenvalue weighted by Gasteiger charge is -2.14. The van der Waals surface area contributed by atoms with E-state index < -0.39 is 0 Å². The molecule has 0 radical (unpaired) electrons. The summed E-state index contributed by atoms with van der Waals surface area (Å²) in [6.07, 6.45) is 0. The van der Waals surface area contributed by atoms with Crippen molar-refractivity contribution in [2.24, 2.45) is 0 Å². The molecule has 2 heterocycles. The maximum absolute atomic E-state index is 11.5. The zero-order valence-corrected chi connectivity index (χ0v) is 20.0. The van der Waals surface area contributed by atoms with Gasteiger partial charge in [0.2, 0.25) is 11.8 Å². The summed E-state index contributed by atoms with van der Waals surface area (Å²) in [5, 5.41) is 4.10. The molecule has 0 aliphatic heterocycles. The van der Waals surface area contributed by atoms with Crippen LogP contribution in [0.25, 0.3) is 0 Å². The Kier molecular flexibility index (Phi) is 8.47. The Bertz CT molecular complexity index is 970. The number of Topliss-reactive ketones (excluding diaryl/α,β-unsaturated/α-hetero) is 2. The molecule has 0 atom stereocenters. The van der Waals surface area contributed by atoms with Gasteiger partial charge in [0.25, 0.3) is 0 Å². The van der Waals surface area contributed by atoms with E-state index in [1.54, 1.807) is 7.05 Å². The number of ketones is 2. The smallest absolute Gasteiger partial charge is 0.224 e. The van der Waals surface area contributed by atoms with Gasteiger partial charge < -0.3 is 10.2 Å². The number of anilines is 2. The molecule has 0 fully saturated rings. The normalized spacial score (nSPS) is 10.1. The maximum atomic E-state index is 11.5. The molecule has 0 unspecified atom stereocenters. The minimum Gasteiger partial charge on any atom is -0.317 e. The van der Waals surface area contributed by atoms with Gasteiger partial charge in [0.15, 0.2) is 11.6 Å². The second-order valence-corrected chi connectivity index (χ2v) is 9.25. The standard InChI is InChI=1S/C11H15NO2S.C10H13NO2S/c1-6-8(3)15-11(10(6)7(2)13)12(5)9(4)14;1-5-7(3)14-10(11-8(4)13)9(5)6(2)12/h1-5H3;1-4H3,(H,11,13). The molecule has 29 heavy (non-hydrogen) atoms. The van der Waals surface area contributed by atoms with Crippen LogP contribution in [0, 0.1) is 27.7 Å². The van der Waals surface area contributed by atoms with Crippen LogP contribution < -0.4 is 10.2 Å². The average molecular weight is 437 g/mol. The Hall–Kier alpha value is -2.32. The monoisotopic (exact) mass is 436 g/mol. The molecule has 0 aliphatic carbocycles. The summed E-state index contributed by atoms with van der Waals surface area (Å²) in [4.78, 5) is 48.7. The van der Waals surface area contributed by atoms with Gasteiger partial charge in [-0.2, -0.15) is 0 Å². The molecule has 0 spiro atoms. The van der Waals surface area contributed by atoms with Crippen molar-refractivity contribution < 1.29 is 19.2 Å². The highest BCUT2D eigenvalue weighted by Gasteiger charge is 2.20. The Morgan fingerprint density at radius 1 is 0.759 bits per heavy atom. The fraction of sp³-hybridized carbons (Fsp3) is 0.429. The molecular weight excluding hydrogens is 408 g/mol. The number of carbonyl (C=O) groups is 4. The van der Waals surface area contributed by atoms with E-state index in [-0.39, 0.29) is 23.4 Å². The highest BCUT2D eigenvalue weighted by Crippen LogP contribution is 2.35. The number of rotatable bonds is 4. The average Bonchev–Trinajstić information content (AvgIpc) is 3.03. The third-order valence-corrected chi connectivity index (χ3v) is 6.93. The molecule has 2 aromatic heterocycles. The summed E-state index contributed by atoms with van der Waals surface area (Å²) in [7, 11) is 1.69. The van der Waals surface area contributed by atoms with Gasteiger partial charge in [0.05, 0.1) is 11.1 Å². The van der Waals surface area contributed by atoms with Crippen LogP contribution in [0.15, 0.2) is 0 Å². The zero-order chi connectivity index (χ0) is 22.6. The Morgan fingerprint density at radius 3 is 1.62 bits per heavy atom. The van der Waals surface area contributed by atoms with E-state index in [9.17, 15) is 19.2 Å². The molecule has 0 saturated carbocycles. The molecule has 2 amide bonds. The van der Waals surface area contributed by atoms with Crippen molar-refractivity contribution in [3.8, 4) is 0 Å². The van der Waals surface area contributed by atoms with E-state index in [0.717, 1.165) is 25.9 Å². The summed E-state index contributed by atoms with van der Waals surface area (Å²) in [5.41, 5.74) is 3.26. The van der Waals surface area contributed by atoms with E-state index in [4.69, 9.17) is 0 Å². The molecule has 8 heteroatoms. The molecule has 1 N–H and O–H groups in total. The van der Waals surface area contributed by atoms with Crippen LogP contribution in [-0.4, -0.2) is 30.4 Å². The number of hydrogen-bond donors (Lipinski definition) is 1. The highest BCUT2D eigenvalue weighted by molar-refractivity contribution is 7.17. The molecular formula is C21H28N2O4S2. The Morgan fingerprint density at radius 2 is 1.21 bits per heavy atom. The maximum Gasteiger partial charge on any atom is 0.224 e. The van der Waals surface area contributed by atoms with E-state index in [2.05, 4.69) is 5.32 Å². The third kappa shape index (κ3) is 5.83. The minimum absolute atomic E-state index is 0.00407. The first-order valence-electron chi connectivity index (χ1n) is 9.03. The summed E-state index contributed by atoms with van der Waals surface area (Å²) in [6.45, 7) is 13.7. The second kappa shape index (κ2) is 9.93. The van der Waals surface area contributed by atoms with Crippen molar-refractivity contribution >= 4 is 56.1 Å². The number of nitrogens with zero attached hydrogens (tertiary/aromatic N) is 1. The van der Waals surface area contributed by atoms with Crippen LogP contribution in [0.3, 0.4) is 0 Å². The van der Waals surface area contributed by atoms with Crippen LogP contribution in [0.4, 0.5) is 10.0 Å². The highest BCUT2D eigenvalue weighted by atomic mass is 32.1. The van der Waals surface area contributed by atoms with E-state index in [1.165, 1.54) is 55.3 Å². The number of thiophene rings is 2. The van der Waals surface area contributed by atoms with Gasteiger partial charge in [0, 0.05) is 30.6 Å². The van der Waals surface area contributed by atoms with Crippen molar-refractivity contribution in [1.82, 2.24) is 0 Å². The quantitative estimate of drug-likeness (QED) is 0.678. The predicted octanol–water partition coefficient (Wildman–Crippen LogP) is 5.08. The van der Waals surface area contributed by atoms with Gasteiger partial charge in [0.1, 0.15) is 10.0 Å². The van der Waals surface area contributed by atoms with Crippen LogP contribution in [0.1, 0.15) is 69.3 Å². The summed E-state index contributed by atoms with van der Waals surface area (Å²) in [6, 6.07) is 0. The number of amides is 2. The third-order valence-electron chi connectivity index (χ3n) is 4.52. The number of aryl methyl sites for hydroxylation is 2. The fourth-order valence-electron chi connectivity index (χ4n) is 2.70. The van der Waals surface area contributed by atoms with E-state index in [1.807, 2.05) is 27.7 Å². The molecule has 2 aromatic rings. The largest absolute Gasteiger partial charge is 0.317 e. The summed E-state index contributed by atoms with van der Waals surface area (Å²) >= 11 is 2.93. The number of nitrogens with one attached hydrogen (secondary N) is 1. The molecule has 158 valence electrons. The molecule has 0 aromatic carbocycles. The number of hydrogen-bond acceptors (Lipinski definition) is 6. The Labute approximate surface area is 179 Å². The van der Waals surface area contributed by atoms with Gasteiger partial charge in [-0.3, -0.25) is 19.2 Å². The first-order chi connectivity index (χ1) is 13.3. The lowest BCUT2D eigenvalue weighted by Crippen LogP contribution is -2.23.